The Morgan fingerprint density at radius 3 is 3.20 bits per heavy atom. The molecule has 3 heterocycles. The van der Waals surface area contributed by atoms with Crippen LogP contribution in [0.4, 0.5) is 5.69 Å². The first kappa shape index (κ1) is 12.8. The molecule has 5 nitrogen and oxygen atoms in total. The molecular formula is C13H9ClN4OS. The normalized spacial score (nSPS) is 11.2. The summed E-state index contributed by atoms with van der Waals surface area (Å²) in [6, 6.07) is 3.40. The van der Waals surface area contributed by atoms with Crippen molar-refractivity contribution in [1.29, 1.82) is 0 Å². The predicted molar refractivity (Wildman–Crippen MR) is 80.0 cm³/mol. The average Bonchev–Trinajstić information content (AvgIpc) is 3.02. The number of hydrogen-bond acceptors (Lipinski definition) is 4. The molecule has 3 rings (SSSR count). The number of nitrogens with zero attached hydrogens (tertiary/aromatic N) is 3. The number of rotatable bonds is 3. The highest BCUT2D eigenvalue weighted by Gasteiger charge is 2.04. The molecule has 20 heavy (non-hydrogen) atoms. The number of halogens is 1. The summed E-state index contributed by atoms with van der Waals surface area (Å²) in [6.07, 6.45) is 8.32. The number of imidazole rings is 1. The summed E-state index contributed by atoms with van der Waals surface area (Å²) in [7, 11) is 0. The maximum Gasteiger partial charge on any atom is 0.248 e. The first-order valence-electron chi connectivity index (χ1n) is 5.74. The van der Waals surface area contributed by atoms with Gasteiger partial charge in [-0.1, -0.05) is 11.6 Å². The molecule has 0 atom stereocenters. The van der Waals surface area contributed by atoms with Gasteiger partial charge in [-0.25, -0.2) is 9.97 Å². The number of thiazole rings is 1. The zero-order chi connectivity index (χ0) is 13.9. The SMILES string of the molecule is O=C(/C=C/c1cnc2sccn12)Nc1cccnc1Cl. The molecule has 1 amide bonds. The number of pyridine rings is 1. The summed E-state index contributed by atoms with van der Waals surface area (Å²) in [5, 5.41) is 4.87. The van der Waals surface area contributed by atoms with E-state index >= 15 is 0 Å². The van der Waals surface area contributed by atoms with Crippen LogP contribution in [0.2, 0.25) is 5.15 Å². The maximum absolute atomic E-state index is 11.8. The van der Waals surface area contributed by atoms with Gasteiger partial charge >= 0.3 is 0 Å². The van der Waals surface area contributed by atoms with Crippen molar-refractivity contribution in [3.05, 3.63) is 53.0 Å². The largest absolute Gasteiger partial charge is 0.320 e. The van der Waals surface area contributed by atoms with E-state index in [-0.39, 0.29) is 11.1 Å². The van der Waals surface area contributed by atoms with Crippen LogP contribution in [0, 0.1) is 0 Å². The molecular weight excluding hydrogens is 296 g/mol. The van der Waals surface area contributed by atoms with Crippen LogP contribution in [0.1, 0.15) is 5.69 Å². The van der Waals surface area contributed by atoms with Crippen LogP contribution < -0.4 is 5.32 Å². The Kier molecular flexibility index (Phi) is 3.49. The second kappa shape index (κ2) is 5.44. The molecule has 0 fully saturated rings. The highest BCUT2D eigenvalue weighted by Crippen LogP contribution is 2.17. The van der Waals surface area contributed by atoms with Crippen LogP contribution in [0.3, 0.4) is 0 Å². The number of hydrogen-bond donors (Lipinski definition) is 1. The zero-order valence-corrected chi connectivity index (χ0v) is 11.7. The fourth-order valence-electron chi connectivity index (χ4n) is 1.68. The minimum atomic E-state index is -0.273. The van der Waals surface area contributed by atoms with Crippen molar-refractivity contribution < 1.29 is 4.79 Å². The monoisotopic (exact) mass is 304 g/mol. The summed E-state index contributed by atoms with van der Waals surface area (Å²) in [4.78, 5) is 20.8. The maximum atomic E-state index is 11.8. The Hall–Kier alpha value is -2.18. The van der Waals surface area contributed by atoms with Gasteiger partial charge in [-0.2, -0.15) is 0 Å². The highest BCUT2D eigenvalue weighted by molar-refractivity contribution is 7.15. The van der Waals surface area contributed by atoms with E-state index in [4.69, 9.17) is 11.6 Å². The molecule has 0 aliphatic rings. The van der Waals surface area contributed by atoms with Gasteiger partial charge in [-0.15, -0.1) is 11.3 Å². The van der Waals surface area contributed by atoms with Crippen LogP contribution in [0.5, 0.6) is 0 Å². The summed E-state index contributed by atoms with van der Waals surface area (Å²) >= 11 is 7.41. The minimum Gasteiger partial charge on any atom is -0.320 e. The highest BCUT2D eigenvalue weighted by atomic mass is 35.5. The lowest BCUT2D eigenvalue weighted by Crippen LogP contribution is -2.08. The Morgan fingerprint density at radius 2 is 2.35 bits per heavy atom. The second-order valence-corrected chi connectivity index (χ2v) is 5.13. The first-order chi connectivity index (χ1) is 9.74. The van der Waals surface area contributed by atoms with Crippen LogP contribution in [-0.4, -0.2) is 20.3 Å². The van der Waals surface area contributed by atoms with Crippen molar-refractivity contribution in [2.24, 2.45) is 0 Å². The number of anilines is 1. The number of carbonyl (C=O) groups excluding carboxylic acids is 1. The fraction of sp³-hybridized carbons (Fsp3) is 0. The van der Waals surface area contributed by atoms with Crippen molar-refractivity contribution in [2.45, 2.75) is 0 Å². The van der Waals surface area contributed by atoms with Crippen LogP contribution in [0.25, 0.3) is 11.0 Å². The number of aromatic nitrogens is 3. The third-order valence-electron chi connectivity index (χ3n) is 2.60. The summed E-state index contributed by atoms with van der Waals surface area (Å²) in [5.74, 6) is -0.273. The first-order valence-corrected chi connectivity index (χ1v) is 7.00. The third-order valence-corrected chi connectivity index (χ3v) is 3.67. The number of nitrogens with one attached hydrogen (secondary N) is 1. The van der Waals surface area contributed by atoms with Gasteiger partial charge in [0, 0.05) is 23.8 Å². The molecule has 0 aliphatic heterocycles. The van der Waals surface area contributed by atoms with Gasteiger partial charge < -0.3 is 5.32 Å². The van der Waals surface area contributed by atoms with Crippen molar-refractivity contribution in [2.75, 3.05) is 5.32 Å². The molecule has 0 saturated heterocycles. The quantitative estimate of drug-likeness (QED) is 0.597. The Balaban J connectivity index is 1.75. The van der Waals surface area contributed by atoms with Crippen LogP contribution in [-0.2, 0) is 4.79 Å². The zero-order valence-electron chi connectivity index (χ0n) is 10.2. The molecule has 0 radical (unpaired) electrons. The van der Waals surface area contributed by atoms with Gasteiger partial charge in [0.15, 0.2) is 10.1 Å². The number of carbonyl (C=O) groups is 1. The van der Waals surface area contributed by atoms with Gasteiger partial charge in [0.25, 0.3) is 0 Å². The molecule has 7 heteroatoms. The van der Waals surface area contributed by atoms with Gasteiger partial charge in [0.05, 0.1) is 17.6 Å². The van der Waals surface area contributed by atoms with E-state index in [2.05, 4.69) is 15.3 Å². The lowest BCUT2D eigenvalue weighted by Gasteiger charge is -2.02. The van der Waals surface area contributed by atoms with E-state index in [1.165, 1.54) is 17.4 Å². The lowest BCUT2D eigenvalue weighted by atomic mass is 10.3. The molecule has 100 valence electrons. The molecule has 3 aromatic heterocycles. The summed E-state index contributed by atoms with van der Waals surface area (Å²) in [6.45, 7) is 0. The average molecular weight is 305 g/mol. The number of fused-ring (bicyclic) bond motifs is 1. The molecule has 0 spiro atoms. The van der Waals surface area contributed by atoms with E-state index in [1.807, 2.05) is 16.0 Å². The van der Waals surface area contributed by atoms with Crippen molar-refractivity contribution >= 4 is 45.6 Å². The van der Waals surface area contributed by atoms with E-state index in [1.54, 1.807) is 30.6 Å². The van der Waals surface area contributed by atoms with E-state index in [0.717, 1.165) is 10.7 Å². The Labute approximate surface area is 123 Å². The summed E-state index contributed by atoms with van der Waals surface area (Å²) < 4.78 is 1.91. The number of amides is 1. The van der Waals surface area contributed by atoms with Gasteiger partial charge in [-0.05, 0) is 18.2 Å². The van der Waals surface area contributed by atoms with Crippen molar-refractivity contribution in [3.8, 4) is 0 Å². The van der Waals surface area contributed by atoms with Gasteiger partial charge in [0.2, 0.25) is 5.91 Å². The molecule has 0 saturated carbocycles. The molecule has 1 N–H and O–H groups in total. The fourth-order valence-corrected chi connectivity index (χ4v) is 2.55. The molecule has 0 aliphatic carbocycles. The minimum absolute atomic E-state index is 0.263. The topological polar surface area (TPSA) is 59.3 Å². The van der Waals surface area contributed by atoms with E-state index < -0.39 is 0 Å². The predicted octanol–water partition coefficient (Wildman–Crippen LogP) is 3.10. The molecule has 0 aromatic carbocycles. The van der Waals surface area contributed by atoms with E-state index in [0.29, 0.717) is 5.69 Å². The van der Waals surface area contributed by atoms with Crippen molar-refractivity contribution in [3.63, 3.8) is 0 Å². The van der Waals surface area contributed by atoms with Crippen molar-refractivity contribution in [1.82, 2.24) is 14.4 Å². The van der Waals surface area contributed by atoms with E-state index in [9.17, 15) is 4.79 Å². The second-order valence-electron chi connectivity index (χ2n) is 3.90. The van der Waals surface area contributed by atoms with Gasteiger partial charge in [-0.3, -0.25) is 9.20 Å². The summed E-state index contributed by atoms with van der Waals surface area (Å²) in [5.41, 5.74) is 1.33. The Morgan fingerprint density at radius 1 is 1.45 bits per heavy atom. The third kappa shape index (κ3) is 2.56. The molecule has 3 aromatic rings. The molecule has 0 unspecified atom stereocenters. The van der Waals surface area contributed by atoms with Crippen LogP contribution >= 0.6 is 22.9 Å². The lowest BCUT2D eigenvalue weighted by molar-refractivity contribution is -0.111. The Bertz CT molecular complexity index is 792. The van der Waals surface area contributed by atoms with Gasteiger partial charge in [0.1, 0.15) is 0 Å². The smallest absolute Gasteiger partial charge is 0.248 e. The standard InChI is InChI=1S/C13H9ClN4OS/c14-12-10(2-1-5-15-12)17-11(19)4-3-9-8-16-13-18(9)6-7-20-13/h1-8H,(H,17,19)/b4-3+. The van der Waals surface area contributed by atoms with Crippen LogP contribution in [0.15, 0.2) is 42.2 Å². The molecule has 0 bridgehead atoms.